The molecule has 1 amide bonds. The van der Waals surface area contributed by atoms with Gasteiger partial charge in [0.25, 0.3) is 5.91 Å². The lowest BCUT2D eigenvalue weighted by Gasteiger charge is -2.16. The minimum Gasteiger partial charge on any atom is -0.504 e. The zero-order chi connectivity index (χ0) is 17.1. The lowest BCUT2D eigenvalue weighted by Crippen LogP contribution is -2.33. The Morgan fingerprint density at radius 3 is 2.71 bits per heavy atom. The number of phenolic OH excluding ortho intramolecular Hbond substituents is 1. The molecule has 3 rings (SSSR count). The molecule has 0 spiro atoms. The Morgan fingerprint density at radius 2 is 2.00 bits per heavy atom. The number of ether oxygens (including phenoxy) is 1. The number of nitrogens with zero attached hydrogens (tertiary/aromatic N) is 1. The van der Waals surface area contributed by atoms with Crippen molar-refractivity contribution in [1.82, 2.24) is 5.01 Å². The van der Waals surface area contributed by atoms with E-state index in [-0.39, 0.29) is 11.7 Å². The van der Waals surface area contributed by atoms with Crippen LogP contribution in [0.3, 0.4) is 0 Å². The van der Waals surface area contributed by atoms with Crippen molar-refractivity contribution in [1.29, 1.82) is 0 Å². The van der Waals surface area contributed by atoms with Crippen molar-refractivity contribution in [3.05, 3.63) is 59.0 Å². The van der Waals surface area contributed by atoms with Crippen molar-refractivity contribution in [3.8, 4) is 11.5 Å². The van der Waals surface area contributed by atoms with Crippen molar-refractivity contribution in [2.24, 2.45) is 0 Å². The Bertz CT molecular complexity index is 822. The highest BCUT2D eigenvalue weighted by Gasteiger charge is 2.32. The third-order valence-corrected chi connectivity index (χ3v) is 4.61. The molecule has 5 nitrogen and oxygen atoms in total. The van der Waals surface area contributed by atoms with Crippen LogP contribution in [0.4, 0.5) is 5.69 Å². The van der Waals surface area contributed by atoms with Crippen molar-refractivity contribution in [2.45, 2.75) is 0 Å². The molecule has 0 aromatic heterocycles. The number of benzene rings is 2. The van der Waals surface area contributed by atoms with Crippen molar-refractivity contribution < 1.29 is 14.6 Å². The van der Waals surface area contributed by atoms with Crippen LogP contribution in [0.5, 0.6) is 11.5 Å². The van der Waals surface area contributed by atoms with Crippen LogP contribution in [-0.4, -0.2) is 27.5 Å². The minimum atomic E-state index is -0.221. The normalized spacial score (nSPS) is 15.9. The van der Waals surface area contributed by atoms with Gasteiger partial charge in [0.1, 0.15) is 0 Å². The van der Waals surface area contributed by atoms with Gasteiger partial charge in [0, 0.05) is 0 Å². The van der Waals surface area contributed by atoms with Crippen molar-refractivity contribution in [2.75, 3.05) is 12.5 Å². The van der Waals surface area contributed by atoms with Gasteiger partial charge in [0.05, 0.1) is 17.7 Å². The van der Waals surface area contributed by atoms with Gasteiger partial charge >= 0.3 is 0 Å². The smallest absolute Gasteiger partial charge is 0.285 e. The van der Waals surface area contributed by atoms with E-state index in [1.54, 1.807) is 18.2 Å². The molecule has 1 aliphatic heterocycles. The third-order valence-electron chi connectivity index (χ3n) is 3.31. The first-order valence-electron chi connectivity index (χ1n) is 7.05. The van der Waals surface area contributed by atoms with E-state index >= 15 is 0 Å². The Hall–Kier alpha value is -2.51. The van der Waals surface area contributed by atoms with E-state index in [4.69, 9.17) is 17.0 Å². The number of thioether (sulfide) groups is 1. The van der Waals surface area contributed by atoms with Gasteiger partial charge < -0.3 is 9.84 Å². The van der Waals surface area contributed by atoms with Gasteiger partial charge in [-0.25, -0.2) is 5.01 Å². The number of carbonyl (C=O) groups is 1. The van der Waals surface area contributed by atoms with E-state index in [0.29, 0.717) is 15.0 Å². The van der Waals surface area contributed by atoms with Crippen LogP contribution in [-0.2, 0) is 4.79 Å². The van der Waals surface area contributed by atoms with Gasteiger partial charge in [-0.15, -0.1) is 0 Å². The van der Waals surface area contributed by atoms with Gasteiger partial charge in [-0.3, -0.25) is 10.2 Å². The SMILES string of the molecule is COc1cc(C=C2SC(=S)N(Nc3ccccc3)C2=O)ccc1O. The molecule has 0 bridgehead atoms. The number of rotatable bonds is 4. The van der Waals surface area contributed by atoms with E-state index in [1.807, 2.05) is 30.3 Å². The molecule has 2 N–H and O–H groups in total. The molecule has 24 heavy (non-hydrogen) atoms. The van der Waals surface area contributed by atoms with Gasteiger partial charge in [0.15, 0.2) is 15.8 Å². The number of amides is 1. The standard InChI is InChI=1S/C17H14N2O3S2/c1-22-14-9-11(7-8-13(14)20)10-15-16(21)19(17(23)24-15)18-12-5-3-2-4-6-12/h2-10,18,20H,1H3. The third kappa shape index (κ3) is 3.37. The number of nitrogens with one attached hydrogen (secondary N) is 1. The molecule has 0 saturated carbocycles. The summed E-state index contributed by atoms with van der Waals surface area (Å²) in [6.07, 6.45) is 1.72. The number of phenols is 1. The van der Waals surface area contributed by atoms with Gasteiger partial charge in [-0.05, 0) is 48.1 Å². The van der Waals surface area contributed by atoms with Crippen LogP contribution in [0, 0.1) is 0 Å². The van der Waals surface area contributed by atoms with Crippen molar-refractivity contribution in [3.63, 3.8) is 0 Å². The number of thiocarbonyl (C=S) groups is 1. The molecule has 0 atom stereocenters. The number of para-hydroxylation sites is 1. The van der Waals surface area contributed by atoms with Gasteiger partial charge in [0.2, 0.25) is 0 Å². The second-order valence-corrected chi connectivity index (χ2v) is 6.60. The molecule has 1 saturated heterocycles. The van der Waals surface area contributed by atoms with E-state index < -0.39 is 0 Å². The first kappa shape index (κ1) is 16.4. The first-order valence-corrected chi connectivity index (χ1v) is 8.27. The number of aromatic hydroxyl groups is 1. The summed E-state index contributed by atoms with van der Waals surface area (Å²) in [5.41, 5.74) is 4.52. The zero-order valence-electron chi connectivity index (χ0n) is 12.7. The van der Waals surface area contributed by atoms with E-state index in [0.717, 1.165) is 11.3 Å². The summed E-state index contributed by atoms with van der Waals surface area (Å²) in [4.78, 5) is 13.0. The van der Waals surface area contributed by atoms with Crippen LogP contribution < -0.4 is 10.2 Å². The summed E-state index contributed by atoms with van der Waals surface area (Å²) >= 11 is 6.50. The van der Waals surface area contributed by atoms with E-state index in [9.17, 15) is 9.90 Å². The summed E-state index contributed by atoms with van der Waals surface area (Å²) in [6, 6.07) is 14.2. The molecule has 122 valence electrons. The molecule has 1 aliphatic rings. The number of methoxy groups -OCH3 is 1. The maximum absolute atomic E-state index is 12.6. The second-order valence-electron chi connectivity index (χ2n) is 4.93. The summed E-state index contributed by atoms with van der Waals surface area (Å²) in [5.74, 6) is 0.176. The molecule has 0 aliphatic carbocycles. The van der Waals surface area contributed by atoms with Gasteiger partial charge in [-0.2, -0.15) is 0 Å². The second kappa shape index (κ2) is 6.94. The fourth-order valence-electron chi connectivity index (χ4n) is 2.14. The monoisotopic (exact) mass is 358 g/mol. The minimum absolute atomic E-state index is 0.0490. The number of hydrogen-bond donors (Lipinski definition) is 2. The van der Waals surface area contributed by atoms with Crippen LogP contribution in [0.15, 0.2) is 53.4 Å². The Morgan fingerprint density at radius 1 is 1.25 bits per heavy atom. The predicted molar refractivity (Wildman–Crippen MR) is 99.7 cm³/mol. The molecule has 2 aromatic carbocycles. The summed E-state index contributed by atoms with van der Waals surface area (Å²) < 4.78 is 5.51. The maximum Gasteiger partial charge on any atom is 0.285 e. The fourth-order valence-corrected chi connectivity index (χ4v) is 3.32. The lowest BCUT2D eigenvalue weighted by atomic mass is 10.2. The van der Waals surface area contributed by atoms with Crippen LogP contribution in [0.1, 0.15) is 5.56 Å². The molecular weight excluding hydrogens is 344 g/mol. The quantitative estimate of drug-likeness (QED) is 0.643. The highest BCUT2D eigenvalue weighted by atomic mass is 32.2. The topological polar surface area (TPSA) is 61.8 Å². The molecule has 7 heteroatoms. The Labute approximate surface area is 148 Å². The van der Waals surface area contributed by atoms with Crippen LogP contribution >= 0.6 is 24.0 Å². The predicted octanol–water partition coefficient (Wildman–Crippen LogP) is 3.63. The first-order chi connectivity index (χ1) is 11.6. The fraction of sp³-hybridized carbons (Fsp3) is 0.0588. The zero-order valence-corrected chi connectivity index (χ0v) is 14.4. The number of hydrogen-bond acceptors (Lipinski definition) is 6. The average molecular weight is 358 g/mol. The average Bonchev–Trinajstić information content (AvgIpc) is 2.85. The summed E-state index contributed by atoms with van der Waals surface area (Å²) in [6.45, 7) is 0. The maximum atomic E-state index is 12.6. The highest BCUT2D eigenvalue weighted by Crippen LogP contribution is 2.34. The molecular formula is C17H14N2O3S2. The highest BCUT2D eigenvalue weighted by molar-refractivity contribution is 8.26. The Balaban J connectivity index is 1.83. The molecule has 0 unspecified atom stereocenters. The molecule has 1 heterocycles. The molecule has 2 aromatic rings. The Kier molecular flexibility index (Phi) is 4.73. The number of anilines is 1. The van der Waals surface area contributed by atoms with Crippen LogP contribution in [0.25, 0.3) is 6.08 Å². The lowest BCUT2D eigenvalue weighted by molar-refractivity contribution is -0.121. The number of carbonyl (C=O) groups excluding carboxylic acids is 1. The summed E-state index contributed by atoms with van der Waals surface area (Å²) in [7, 11) is 1.47. The molecule has 1 fully saturated rings. The van der Waals surface area contributed by atoms with E-state index in [2.05, 4.69) is 5.43 Å². The summed E-state index contributed by atoms with van der Waals surface area (Å²) in [5, 5.41) is 11.0. The van der Waals surface area contributed by atoms with Crippen LogP contribution in [0.2, 0.25) is 0 Å². The van der Waals surface area contributed by atoms with Gasteiger partial charge in [-0.1, -0.05) is 36.0 Å². The largest absolute Gasteiger partial charge is 0.504 e. The number of hydrazine groups is 1. The molecule has 0 radical (unpaired) electrons. The van der Waals surface area contributed by atoms with E-state index in [1.165, 1.54) is 29.9 Å². The van der Waals surface area contributed by atoms with Crippen molar-refractivity contribution >= 4 is 46.0 Å².